The van der Waals surface area contributed by atoms with Crippen LogP contribution in [0.5, 0.6) is 5.75 Å². The minimum Gasteiger partial charge on any atom is -0.461 e. The Balaban J connectivity index is 1.60. The van der Waals surface area contributed by atoms with Crippen molar-refractivity contribution in [2.45, 2.75) is 44.2 Å². The molecule has 1 amide bonds. The number of rotatable bonds is 10. The molecule has 178 valence electrons. The van der Waals surface area contributed by atoms with Gasteiger partial charge in [-0.25, -0.2) is 0 Å². The van der Waals surface area contributed by atoms with Gasteiger partial charge in [0.15, 0.2) is 0 Å². The second kappa shape index (κ2) is 11.5. The van der Waals surface area contributed by atoms with Crippen LogP contribution in [0.15, 0.2) is 83.8 Å². The second-order valence-corrected chi connectivity index (χ2v) is 9.49. The zero-order chi connectivity index (χ0) is 24.6. The van der Waals surface area contributed by atoms with Crippen molar-refractivity contribution in [2.24, 2.45) is 0 Å². The van der Waals surface area contributed by atoms with Crippen molar-refractivity contribution in [3.63, 3.8) is 0 Å². The molecule has 0 saturated heterocycles. The Morgan fingerprint density at radius 2 is 1.53 bits per heavy atom. The SMILES string of the molecule is CC(=O)NC(CC(=O)OCc1ccccc1)Cc1ccc(OS(=O)(=O)c2ccc(C)cc2)cc1. The Labute approximate surface area is 199 Å². The fraction of sp³-hybridized carbons (Fsp3) is 0.231. The number of hydrogen-bond acceptors (Lipinski definition) is 6. The van der Waals surface area contributed by atoms with Crippen molar-refractivity contribution in [2.75, 3.05) is 0 Å². The molecule has 0 fully saturated rings. The van der Waals surface area contributed by atoms with E-state index in [2.05, 4.69) is 5.32 Å². The Morgan fingerprint density at radius 1 is 0.882 bits per heavy atom. The quantitative estimate of drug-likeness (QED) is 0.348. The molecule has 8 heteroatoms. The molecule has 1 N–H and O–H groups in total. The van der Waals surface area contributed by atoms with Crippen LogP contribution < -0.4 is 9.50 Å². The van der Waals surface area contributed by atoms with Crippen LogP contribution in [-0.2, 0) is 37.5 Å². The Morgan fingerprint density at radius 3 is 2.15 bits per heavy atom. The van der Waals surface area contributed by atoms with Crippen LogP contribution in [0.4, 0.5) is 0 Å². The first-order valence-electron chi connectivity index (χ1n) is 10.8. The molecule has 0 aliphatic rings. The minimum atomic E-state index is -3.95. The highest BCUT2D eigenvalue weighted by atomic mass is 32.2. The number of aryl methyl sites for hydroxylation is 1. The third-order valence-corrected chi connectivity index (χ3v) is 6.25. The first-order chi connectivity index (χ1) is 16.2. The van der Waals surface area contributed by atoms with E-state index in [4.69, 9.17) is 8.92 Å². The third-order valence-electron chi connectivity index (χ3n) is 4.98. The zero-order valence-electron chi connectivity index (χ0n) is 19.1. The van der Waals surface area contributed by atoms with Crippen LogP contribution >= 0.6 is 0 Å². The van der Waals surface area contributed by atoms with Gasteiger partial charge in [0.05, 0.1) is 6.42 Å². The van der Waals surface area contributed by atoms with Crippen molar-refractivity contribution < 1.29 is 26.9 Å². The minimum absolute atomic E-state index is 0.00642. The zero-order valence-corrected chi connectivity index (χ0v) is 19.9. The molecular formula is C26H27NO6S. The van der Waals surface area contributed by atoms with E-state index in [-0.39, 0.29) is 29.6 Å². The van der Waals surface area contributed by atoms with Crippen LogP contribution in [0, 0.1) is 6.92 Å². The smallest absolute Gasteiger partial charge is 0.339 e. The second-order valence-electron chi connectivity index (χ2n) is 7.95. The highest BCUT2D eigenvalue weighted by Gasteiger charge is 2.19. The first kappa shape index (κ1) is 25.0. The van der Waals surface area contributed by atoms with E-state index >= 15 is 0 Å². The Hall–Kier alpha value is -3.65. The topological polar surface area (TPSA) is 98.8 Å². The summed E-state index contributed by atoms with van der Waals surface area (Å²) in [6, 6.07) is 21.7. The van der Waals surface area contributed by atoms with Crippen molar-refractivity contribution in [1.29, 1.82) is 0 Å². The number of esters is 1. The summed E-state index contributed by atoms with van der Waals surface area (Å²) in [7, 11) is -3.95. The predicted octanol–water partition coefficient (Wildman–Crippen LogP) is 3.94. The summed E-state index contributed by atoms with van der Waals surface area (Å²) in [6.07, 6.45) is 0.372. The Kier molecular flexibility index (Phi) is 8.43. The fourth-order valence-corrected chi connectivity index (χ4v) is 4.24. The number of nitrogens with one attached hydrogen (secondary N) is 1. The van der Waals surface area contributed by atoms with E-state index in [0.29, 0.717) is 6.42 Å². The summed E-state index contributed by atoms with van der Waals surface area (Å²) in [6.45, 7) is 3.41. The Bertz CT molecular complexity index is 1210. The van der Waals surface area contributed by atoms with Crippen LogP contribution in [0.1, 0.15) is 30.0 Å². The molecule has 7 nitrogen and oxygen atoms in total. The lowest BCUT2D eigenvalue weighted by Crippen LogP contribution is -2.37. The molecule has 0 heterocycles. The lowest BCUT2D eigenvalue weighted by Gasteiger charge is -2.17. The normalized spacial score (nSPS) is 11.9. The maximum absolute atomic E-state index is 12.5. The standard InChI is InChI=1S/C26H27NO6S/c1-19-8-14-25(15-9-19)34(30,31)33-24-12-10-21(11-13-24)16-23(27-20(2)28)17-26(29)32-18-22-6-4-3-5-7-22/h3-15,23H,16-18H2,1-2H3,(H,27,28). The van der Waals surface area contributed by atoms with Gasteiger partial charge in [0.25, 0.3) is 0 Å². The average molecular weight is 482 g/mol. The number of amides is 1. The summed E-state index contributed by atoms with van der Waals surface area (Å²) in [4.78, 5) is 24.0. The van der Waals surface area contributed by atoms with Gasteiger partial charge < -0.3 is 14.2 Å². The highest BCUT2D eigenvalue weighted by molar-refractivity contribution is 7.87. The average Bonchev–Trinajstić information content (AvgIpc) is 2.79. The van der Waals surface area contributed by atoms with Gasteiger partial charge in [0.1, 0.15) is 17.3 Å². The molecule has 0 bridgehead atoms. The molecule has 3 rings (SSSR count). The van der Waals surface area contributed by atoms with E-state index in [1.54, 1.807) is 36.4 Å². The van der Waals surface area contributed by atoms with E-state index < -0.39 is 22.1 Å². The van der Waals surface area contributed by atoms with E-state index in [0.717, 1.165) is 16.7 Å². The molecule has 0 aromatic heterocycles. The monoisotopic (exact) mass is 481 g/mol. The molecular weight excluding hydrogens is 454 g/mol. The van der Waals surface area contributed by atoms with Crippen LogP contribution in [0.25, 0.3) is 0 Å². The fourth-order valence-electron chi connectivity index (χ4n) is 3.31. The lowest BCUT2D eigenvalue weighted by molar-refractivity contribution is -0.145. The molecule has 3 aromatic carbocycles. The number of ether oxygens (including phenoxy) is 1. The number of benzene rings is 3. The molecule has 0 aliphatic carbocycles. The van der Waals surface area contributed by atoms with Gasteiger partial charge in [-0.3, -0.25) is 9.59 Å². The van der Waals surface area contributed by atoms with Crippen LogP contribution in [0.2, 0.25) is 0 Å². The van der Waals surface area contributed by atoms with Crippen molar-refractivity contribution in [3.8, 4) is 5.75 Å². The third kappa shape index (κ3) is 7.74. The highest BCUT2D eigenvalue weighted by Crippen LogP contribution is 2.20. The lowest BCUT2D eigenvalue weighted by atomic mass is 10.0. The van der Waals surface area contributed by atoms with Gasteiger partial charge >= 0.3 is 16.1 Å². The van der Waals surface area contributed by atoms with Gasteiger partial charge in [-0.05, 0) is 48.7 Å². The summed E-state index contributed by atoms with van der Waals surface area (Å²) >= 11 is 0. The summed E-state index contributed by atoms with van der Waals surface area (Å²) in [5.74, 6) is -0.514. The number of carbonyl (C=O) groups is 2. The van der Waals surface area contributed by atoms with Crippen LogP contribution in [0.3, 0.4) is 0 Å². The summed E-state index contributed by atoms with van der Waals surface area (Å²) in [5, 5.41) is 2.77. The van der Waals surface area contributed by atoms with Gasteiger partial charge in [-0.15, -0.1) is 0 Å². The van der Waals surface area contributed by atoms with E-state index in [9.17, 15) is 18.0 Å². The molecule has 0 aliphatic heterocycles. The molecule has 0 saturated carbocycles. The van der Waals surface area contributed by atoms with Crippen molar-refractivity contribution in [1.82, 2.24) is 5.32 Å². The van der Waals surface area contributed by atoms with Crippen molar-refractivity contribution >= 4 is 22.0 Å². The molecule has 34 heavy (non-hydrogen) atoms. The number of hydrogen-bond donors (Lipinski definition) is 1. The molecule has 1 atom stereocenters. The summed E-state index contributed by atoms with van der Waals surface area (Å²) in [5.41, 5.74) is 2.62. The molecule has 1 unspecified atom stereocenters. The van der Waals surface area contributed by atoms with E-state index in [1.165, 1.54) is 19.1 Å². The maximum atomic E-state index is 12.5. The number of carbonyl (C=O) groups excluding carboxylic acids is 2. The molecule has 0 spiro atoms. The van der Waals surface area contributed by atoms with E-state index in [1.807, 2.05) is 37.3 Å². The van der Waals surface area contributed by atoms with Gasteiger partial charge in [-0.1, -0.05) is 60.2 Å². The summed E-state index contributed by atoms with van der Waals surface area (Å²) < 4.78 is 35.5. The van der Waals surface area contributed by atoms with Gasteiger partial charge in [0.2, 0.25) is 5.91 Å². The predicted molar refractivity (Wildman–Crippen MR) is 128 cm³/mol. The molecule has 3 aromatic rings. The first-order valence-corrected chi connectivity index (χ1v) is 12.2. The van der Waals surface area contributed by atoms with Gasteiger partial charge in [0, 0.05) is 13.0 Å². The van der Waals surface area contributed by atoms with Gasteiger partial charge in [-0.2, -0.15) is 8.42 Å². The maximum Gasteiger partial charge on any atom is 0.339 e. The largest absolute Gasteiger partial charge is 0.461 e. The molecule has 0 radical (unpaired) electrons. The van der Waals surface area contributed by atoms with Crippen LogP contribution in [-0.4, -0.2) is 26.3 Å². The van der Waals surface area contributed by atoms with Crippen molar-refractivity contribution in [3.05, 3.63) is 95.6 Å².